The van der Waals surface area contributed by atoms with Gasteiger partial charge >= 0.3 is 35.8 Å². The topological polar surface area (TPSA) is 158 Å². The molecule has 0 heterocycles. The van der Waals surface area contributed by atoms with E-state index in [1.807, 2.05) is 0 Å². The van der Waals surface area contributed by atoms with E-state index in [9.17, 15) is 28.8 Å². The molecule has 2 aromatic carbocycles. The van der Waals surface area contributed by atoms with E-state index in [1.54, 1.807) is 0 Å². The van der Waals surface area contributed by atoms with Crippen molar-refractivity contribution in [2.45, 2.75) is 27.7 Å². The number of benzene rings is 2. The molecule has 0 amide bonds. The molecule has 0 aromatic heterocycles. The van der Waals surface area contributed by atoms with Crippen molar-refractivity contribution in [3.05, 3.63) is 72.0 Å². The Bertz CT molecular complexity index is 1410. The van der Waals surface area contributed by atoms with Gasteiger partial charge in [0.25, 0.3) is 0 Å². The molecule has 0 bridgehead atoms. The van der Waals surface area contributed by atoms with Crippen LogP contribution in [0.4, 0.5) is 0 Å². The zero-order valence-electron chi connectivity index (χ0n) is 22.5. The Morgan fingerprint density at radius 1 is 0.585 bits per heavy atom. The lowest BCUT2D eigenvalue weighted by molar-refractivity contribution is -0.136. The number of hydrogen-bond acceptors (Lipinski definition) is 12. The van der Waals surface area contributed by atoms with E-state index >= 15 is 0 Å². The summed E-state index contributed by atoms with van der Waals surface area (Å²) in [6.45, 7) is 4.57. The standard InChI is InChI=1S/C29H26O12/c1-18(30)38-24-10-6-22(16-26(24)40-20(3)32)8-12-28(34)36-14-5-15-37-29(35)13-9-23-7-11-25(39-19(2)31)27(17-23)41-21(4)33/h5-14,16-17H,15H2,1-4H3. The molecule has 0 atom stereocenters. The Balaban J connectivity index is 1.87. The van der Waals surface area contributed by atoms with Crippen LogP contribution in [0.15, 0.2) is 60.9 Å². The summed E-state index contributed by atoms with van der Waals surface area (Å²) in [6, 6.07) is 8.69. The Labute approximate surface area is 234 Å². The molecule has 0 unspecified atom stereocenters. The van der Waals surface area contributed by atoms with Crippen molar-refractivity contribution in [3.63, 3.8) is 0 Å². The van der Waals surface area contributed by atoms with E-state index in [1.165, 1.54) is 82.3 Å². The lowest BCUT2D eigenvalue weighted by Crippen LogP contribution is -2.07. The number of carbonyl (C=O) groups is 6. The molecule has 2 rings (SSSR count). The van der Waals surface area contributed by atoms with Gasteiger partial charge < -0.3 is 28.4 Å². The second-order valence-electron chi connectivity index (χ2n) is 7.89. The number of rotatable bonds is 11. The quantitative estimate of drug-likeness (QED) is 0.168. The highest BCUT2D eigenvalue weighted by atomic mass is 16.6. The van der Waals surface area contributed by atoms with Crippen molar-refractivity contribution in [2.75, 3.05) is 6.61 Å². The molecule has 0 fully saturated rings. The monoisotopic (exact) mass is 566 g/mol. The highest BCUT2D eigenvalue weighted by Crippen LogP contribution is 2.30. The fourth-order valence-electron chi connectivity index (χ4n) is 2.90. The summed E-state index contributed by atoms with van der Waals surface area (Å²) in [4.78, 5) is 68.9. The average molecular weight is 567 g/mol. The predicted octanol–water partition coefficient (Wildman–Crippen LogP) is 3.71. The van der Waals surface area contributed by atoms with Crippen LogP contribution < -0.4 is 18.9 Å². The fourth-order valence-corrected chi connectivity index (χ4v) is 2.90. The minimum absolute atomic E-state index is 0.00262. The lowest BCUT2D eigenvalue weighted by atomic mass is 10.2. The Kier molecular flexibility index (Phi) is 12.2. The van der Waals surface area contributed by atoms with Gasteiger partial charge in [0.15, 0.2) is 23.0 Å². The molecule has 12 heteroatoms. The SMILES string of the molecule is CC(=O)Oc1ccc(C=CC(=O)OC=CCOC(=O)C=Cc2ccc(OC(C)=O)c(OC(C)=O)c2)cc1OC(C)=O. The smallest absolute Gasteiger partial charge is 0.335 e. The van der Waals surface area contributed by atoms with E-state index in [0.29, 0.717) is 11.1 Å². The summed E-state index contributed by atoms with van der Waals surface area (Å²) in [6.07, 6.45) is 7.34. The normalized spacial score (nSPS) is 10.8. The van der Waals surface area contributed by atoms with E-state index in [4.69, 9.17) is 28.4 Å². The van der Waals surface area contributed by atoms with Gasteiger partial charge in [-0.2, -0.15) is 0 Å². The first kappa shape index (κ1) is 31.7. The maximum Gasteiger partial charge on any atom is 0.335 e. The van der Waals surface area contributed by atoms with Crippen molar-refractivity contribution >= 4 is 48.0 Å². The van der Waals surface area contributed by atoms with Crippen molar-refractivity contribution in [2.24, 2.45) is 0 Å². The predicted molar refractivity (Wildman–Crippen MR) is 142 cm³/mol. The van der Waals surface area contributed by atoms with Crippen LogP contribution in [-0.4, -0.2) is 42.4 Å². The third kappa shape index (κ3) is 12.3. The van der Waals surface area contributed by atoms with Gasteiger partial charge in [0.2, 0.25) is 0 Å². The first-order valence-corrected chi connectivity index (χ1v) is 11.8. The maximum atomic E-state index is 11.9. The second-order valence-corrected chi connectivity index (χ2v) is 7.89. The first-order chi connectivity index (χ1) is 19.4. The molecular weight excluding hydrogens is 540 g/mol. The molecule has 0 saturated carbocycles. The van der Waals surface area contributed by atoms with Crippen molar-refractivity contribution in [3.8, 4) is 23.0 Å². The van der Waals surface area contributed by atoms with Crippen LogP contribution in [0.2, 0.25) is 0 Å². The summed E-state index contributed by atoms with van der Waals surface area (Å²) in [7, 11) is 0. The van der Waals surface area contributed by atoms with Gasteiger partial charge in [-0.25, -0.2) is 9.59 Å². The van der Waals surface area contributed by atoms with Crippen molar-refractivity contribution < 1.29 is 57.2 Å². The summed E-state index contributed by atoms with van der Waals surface area (Å²) in [5.74, 6) is -3.79. The molecule has 0 spiro atoms. The molecule has 0 N–H and O–H groups in total. The molecule has 0 aliphatic heterocycles. The van der Waals surface area contributed by atoms with E-state index < -0.39 is 35.8 Å². The van der Waals surface area contributed by atoms with Gasteiger partial charge in [-0.05, 0) is 53.6 Å². The molecule has 0 saturated heterocycles. The van der Waals surface area contributed by atoms with Gasteiger partial charge in [0.05, 0.1) is 6.26 Å². The summed E-state index contributed by atoms with van der Waals surface area (Å²) < 4.78 is 29.9. The van der Waals surface area contributed by atoms with E-state index in [2.05, 4.69) is 0 Å². The van der Waals surface area contributed by atoms with Crippen LogP contribution in [0, 0.1) is 0 Å². The Morgan fingerprint density at radius 2 is 1.00 bits per heavy atom. The van der Waals surface area contributed by atoms with Crippen LogP contribution in [0.5, 0.6) is 23.0 Å². The number of ether oxygens (including phenoxy) is 6. The average Bonchev–Trinajstić information content (AvgIpc) is 2.87. The molecule has 0 aliphatic rings. The van der Waals surface area contributed by atoms with Crippen LogP contribution >= 0.6 is 0 Å². The first-order valence-electron chi connectivity index (χ1n) is 11.8. The van der Waals surface area contributed by atoms with Crippen LogP contribution in [-0.2, 0) is 38.2 Å². The summed E-state index contributed by atoms with van der Waals surface area (Å²) in [5, 5.41) is 0. The van der Waals surface area contributed by atoms with Gasteiger partial charge in [-0.15, -0.1) is 0 Å². The van der Waals surface area contributed by atoms with Crippen molar-refractivity contribution in [1.29, 1.82) is 0 Å². The second kappa shape index (κ2) is 15.8. The Morgan fingerprint density at radius 3 is 1.44 bits per heavy atom. The molecule has 214 valence electrons. The highest BCUT2D eigenvalue weighted by molar-refractivity contribution is 5.88. The fraction of sp³-hybridized carbons (Fsp3) is 0.172. The van der Waals surface area contributed by atoms with Crippen molar-refractivity contribution in [1.82, 2.24) is 0 Å². The number of esters is 6. The molecular formula is C29H26O12. The van der Waals surface area contributed by atoms with Gasteiger partial charge in [-0.1, -0.05) is 12.1 Å². The molecule has 0 radical (unpaired) electrons. The minimum Gasteiger partial charge on any atom is -0.458 e. The zero-order valence-corrected chi connectivity index (χ0v) is 22.5. The highest BCUT2D eigenvalue weighted by Gasteiger charge is 2.12. The maximum absolute atomic E-state index is 11.9. The number of carbonyl (C=O) groups excluding carboxylic acids is 6. The van der Waals surface area contributed by atoms with Gasteiger partial charge in [0.1, 0.15) is 6.61 Å². The molecule has 12 nitrogen and oxygen atoms in total. The lowest BCUT2D eigenvalue weighted by Gasteiger charge is -2.09. The minimum atomic E-state index is -0.744. The summed E-state index contributed by atoms with van der Waals surface area (Å²) >= 11 is 0. The summed E-state index contributed by atoms with van der Waals surface area (Å²) in [5.41, 5.74) is 0.922. The van der Waals surface area contributed by atoms with Gasteiger partial charge in [-0.3, -0.25) is 19.2 Å². The van der Waals surface area contributed by atoms with E-state index in [-0.39, 0.29) is 29.6 Å². The van der Waals surface area contributed by atoms with Gasteiger partial charge in [0, 0.05) is 39.8 Å². The third-order valence-corrected chi connectivity index (χ3v) is 4.38. The van der Waals surface area contributed by atoms with Crippen LogP contribution in [0.3, 0.4) is 0 Å². The van der Waals surface area contributed by atoms with Crippen LogP contribution in [0.25, 0.3) is 12.2 Å². The molecule has 0 aliphatic carbocycles. The Hall–Kier alpha value is -5.52. The third-order valence-electron chi connectivity index (χ3n) is 4.38. The zero-order chi connectivity index (χ0) is 30.4. The van der Waals surface area contributed by atoms with E-state index in [0.717, 1.165) is 18.4 Å². The molecule has 2 aromatic rings. The largest absolute Gasteiger partial charge is 0.458 e. The van der Waals surface area contributed by atoms with Crippen LogP contribution in [0.1, 0.15) is 38.8 Å². The number of hydrogen-bond donors (Lipinski definition) is 0. The molecule has 41 heavy (non-hydrogen) atoms.